The Morgan fingerprint density at radius 3 is 2.12 bits per heavy atom. The molecule has 2 fully saturated rings. The molecule has 322 valence electrons. The first-order chi connectivity index (χ1) is 28.1. The van der Waals surface area contributed by atoms with Crippen LogP contribution in [0.2, 0.25) is 0 Å². The van der Waals surface area contributed by atoms with Gasteiger partial charge < -0.3 is 36.2 Å². The van der Waals surface area contributed by atoms with Crippen molar-refractivity contribution in [3.63, 3.8) is 0 Å². The highest BCUT2D eigenvalue weighted by Gasteiger charge is 2.46. The molecule has 5 atom stereocenters. The van der Waals surface area contributed by atoms with Crippen LogP contribution < -0.4 is 31.3 Å². The standard InChI is InChI=1S/C41H57N7O10S/c1-5-15-31(36(50)39(53)43-23-33(49)45-34(38(52)42-4)27-16-9-6-10-17-27)44-37(51)32-22-29(47-59(56,57)30-20-13-8-14-21-30)24-48(32)40(54)35(28-18-11-7-12-19-28)46-41(55)58-25-26(2)3/h6,8-10,13-14,16-17,20-21,26,28-29,31-32,34-35,47H,5,7,11-12,15,18-19,22-25H2,1-4H3,(H,42,52)(H,43,53)(H,44,51)(H,45,49)(H,46,55)/t29-,31?,32?,34?,35?/m1/s1. The molecular weight excluding hydrogens is 783 g/mol. The second-order valence-corrected chi connectivity index (χ2v) is 17.0. The van der Waals surface area contributed by atoms with Gasteiger partial charge in [-0.1, -0.05) is 95.0 Å². The van der Waals surface area contributed by atoms with Gasteiger partial charge in [0.2, 0.25) is 39.4 Å². The van der Waals surface area contributed by atoms with Crippen LogP contribution in [0.15, 0.2) is 65.6 Å². The summed E-state index contributed by atoms with van der Waals surface area (Å²) in [5.74, 6) is -5.12. The maximum Gasteiger partial charge on any atom is 0.407 e. The van der Waals surface area contributed by atoms with E-state index >= 15 is 0 Å². The molecule has 4 rings (SSSR count). The van der Waals surface area contributed by atoms with Gasteiger partial charge in [-0.2, -0.15) is 0 Å². The van der Waals surface area contributed by atoms with Crippen LogP contribution >= 0.6 is 0 Å². The summed E-state index contributed by atoms with van der Waals surface area (Å²) >= 11 is 0. The molecule has 6 amide bonds. The largest absolute Gasteiger partial charge is 0.449 e. The van der Waals surface area contributed by atoms with Crippen molar-refractivity contribution in [2.75, 3.05) is 26.7 Å². The van der Waals surface area contributed by atoms with Gasteiger partial charge in [-0.15, -0.1) is 0 Å². The molecular formula is C41H57N7O10S. The van der Waals surface area contributed by atoms with Crippen LogP contribution in [-0.4, -0.2) is 106 Å². The maximum absolute atomic E-state index is 14.5. The normalized spacial score (nSPS) is 18.5. The summed E-state index contributed by atoms with van der Waals surface area (Å²) < 4.78 is 34.7. The van der Waals surface area contributed by atoms with Crippen molar-refractivity contribution in [1.82, 2.24) is 36.2 Å². The second kappa shape index (κ2) is 22.1. The Balaban J connectivity index is 1.53. The van der Waals surface area contributed by atoms with Crippen molar-refractivity contribution < 1.29 is 46.7 Å². The number of nitrogens with one attached hydrogen (secondary N) is 6. The molecule has 0 radical (unpaired) electrons. The van der Waals surface area contributed by atoms with E-state index in [1.54, 1.807) is 55.5 Å². The average molecular weight is 840 g/mol. The molecule has 1 aliphatic carbocycles. The van der Waals surface area contributed by atoms with Gasteiger partial charge in [0.25, 0.3) is 5.91 Å². The first-order valence-electron chi connectivity index (χ1n) is 20.1. The lowest BCUT2D eigenvalue weighted by molar-refractivity contribution is -0.143. The van der Waals surface area contributed by atoms with Gasteiger partial charge in [0.05, 0.1) is 24.1 Å². The smallest absolute Gasteiger partial charge is 0.407 e. The Morgan fingerprint density at radius 1 is 0.864 bits per heavy atom. The monoisotopic (exact) mass is 839 g/mol. The van der Waals surface area contributed by atoms with E-state index in [-0.39, 0.29) is 42.7 Å². The van der Waals surface area contributed by atoms with Gasteiger partial charge in [0.15, 0.2) is 0 Å². The number of ether oxygens (including phenoxy) is 1. The summed E-state index contributed by atoms with van der Waals surface area (Å²) in [6.07, 6.45) is 3.29. The number of benzene rings is 2. The van der Waals surface area contributed by atoms with Crippen LogP contribution in [0, 0.1) is 11.8 Å². The number of ketones is 1. The van der Waals surface area contributed by atoms with Crippen LogP contribution in [0.1, 0.15) is 83.7 Å². The van der Waals surface area contributed by atoms with E-state index in [4.69, 9.17) is 4.74 Å². The van der Waals surface area contributed by atoms with Gasteiger partial charge in [-0.05, 0) is 55.2 Å². The molecule has 1 saturated carbocycles. The Kier molecular flexibility index (Phi) is 17.4. The van der Waals surface area contributed by atoms with Crippen molar-refractivity contribution in [2.24, 2.45) is 11.8 Å². The number of nitrogens with zero attached hydrogens (tertiary/aromatic N) is 1. The summed E-state index contributed by atoms with van der Waals surface area (Å²) in [6, 6.07) is 10.3. The average Bonchev–Trinajstić information content (AvgIpc) is 3.66. The number of hydrogen-bond acceptors (Lipinski definition) is 10. The van der Waals surface area contributed by atoms with Crippen molar-refractivity contribution in [2.45, 2.75) is 107 Å². The van der Waals surface area contributed by atoms with E-state index in [1.165, 1.54) is 24.1 Å². The lowest BCUT2D eigenvalue weighted by Gasteiger charge is -2.34. The van der Waals surface area contributed by atoms with Crippen LogP contribution in [0.5, 0.6) is 0 Å². The summed E-state index contributed by atoms with van der Waals surface area (Å²) in [5, 5.41) is 12.6. The SMILES string of the molecule is CCCC(NC(=O)C1C[C@@H](NS(=O)(=O)c2ccccc2)CN1C(=O)C(NC(=O)OCC(C)C)C1CCCCC1)C(=O)C(=O)NCC(=O)NC(C(=O)NC)c1ccccc1. The minimum absolute atomic E-state index is 0.0158. The molecule has 1 aliphatic heterocycles. The Labute approximate surface area is 345 Å². The lowest BCUT2D eigenvalue weighted by atomic mass is 9.83. The molecule has 0 aromatic heterocycles. The first kappa shape index (κ1) is 46.3. The minimum Gasteiger partial charge on any atom is -0.449 e. The third kappa shape index (κ3) is 13.3. The quantitative estimate of drug-likeness (QED) is 0.112. The summed E-state index contributed by atoms with van der Waals surface area (Å²) in [7, 11) is -2.68. The van der Waals surface area contributed by atoms with E-state index in [0.29, 0.717) is 24.8 Å². The highest BCUT2D eigenvalue weighted by atomic mass is 32.2. The highest BCUT2D eigenvalue weighted by molar-refractivity contribution is 7.89. The number of likely N-dealkylation sites (N-methyl/N-ethyl adjacent to an activating group) is 1. The number of carbonyl (C=O) groups is 7. The zero-order valence-electron chi connectivity index (χ0n) is 34.0. The molecule has 2 aromatic rings. The number of likely N-dealkylation sites (tertiary alicyclic amines) is 1. The first-order valence-corrected chi connectivity index (χ1v) is 21.6. The summed E-state index contributed by atoms with van der Waals surface area (Å²) in [4.78, 5) is 94.9. The molecule has 0 spiro atoms. The van der Waals surface area contributed by atoms with Crippen molar-refractivity contribution in [3.8, 4) is 0 Å². The third-order valence-electron chi connectivity index (χ3n) is 10.3. The minimum atomic E-state index is -4.09. The number of rotatable bonds is 19. The fraction of sp³-hybridized carbons (Fsp3) is 0.537. The molecule has 17 nitrogen and oxygen atoms in total. The summed E-state index contributed by atoms with van der Waals surface area (Å²) in [5.41, 5.74) is 0.495. The maximum atomic E-state index is 14.5. The number of sulfonamides is 1. The molecule has 59 heavy (non-hydrogen) atoms. The number of carbonyl (C=O) groups excluding carboxylic acids is 7. The van der Waals surface area contributed by atoms with Gasteiger partial charge in [0, 0.05) is 19.6 Å². The topological polar surface area (TPSA) is 238 Å². The van der Waals surface area contributed by atoms with Crippen molar-refractivity contribution in [3.05, 3.63) is 66.2 Å². The molecule has 6 N–H and O–H groups in total. The Bertz CT molecular complexity index is 1890. The zero-order valence-corrected chi connectivity index (χ0v) is 34.8. The van der Waals surface area contributed by atoms with Gasteiger partial charge >= 0.3 is 6.09 Å². The van der Waals surface area contributed by atoms with Gasteiger partial charge in [0.1, 0.15) is 18.1 Å². The van der Waals surface area contributed by atoms with Crippen LogP contribution in [0.25, 0.3) is 0 Å². The fourth-order valence-corrected chi connectivity index (χ4v) is 8.53. The van der Waals surface area contributed by atoms with Gasteiger partial charge in [-0.25, -0.2) is 17.9 Å². The van der Waals surface area contributed by atoms with Crippen LogP contribution in [-0.2, 0) is 43.5 Å². The number of amides is 6. The van der Waals surface area contributed by atoms with Crippen LogP contribution in [0.3, 0.4) is 0 Å². The number of hydrogen-bond donors (Lipinski definition) is 6. The van der Waals surface area contributed by atoms with E-state index in [0.717, 1.165) is 19.3 Å². The predicted octanol–water partition coefficient (Wildman–Crippen LogP) is 1.84. The molecule has 0 bridgehead atoms. The molecule has 2 aromatic carbocycles. The van der Waals surface area contributed by atoms with E-state index in [9.17, 15) is 42.0 Å². The molecule has 1 heterocycles. The molecule has 1 saturated heterocycles. The van der Waals surface area contributed by atoms with E-state index in [1.807, 2.05) is 13.8 Å². The molecule has 2 aliphatic rings. The zero-order chi connectivity index (χ0) is 43.1. The number of alkyl carbamates (subject to hydrolysis) is 1. The fourth-order valence-electron chi connectivity index (χ4n) is 7.27. The third-order valence-corrected chi connectivity index (χ3v) is 11.8. The van der Waals surface area contributed by atoms with Gasteiger partial charge in [-0.3, -0.25) is 28.8 Å². The lowest BCUT2D eigenvalue weighted by Crippen LogP contribution is -2.58. The molecule has 18 heteroatoms. The molecule has 4 unspecified atom stereocenters. The highest BCUT2D eigenvalue weighted by Crippen LogP contribution is 2.30. The predicted molar refractivity (Wildman–Crippen MR) is 217 cm³/mol. The van der Waals surface area contributed by atoms with E-state index < -0.39 is 88.2 Å². The summed E-state index contributed by atoms with van der Waals surface area (Å²) in [6.45, 7) is 4.71. The second-order valence-electron chi connectivity index (χ2n) is 15.3. The Hall–Kier alpha value is -5.36. The van der Waals surface area contributed by atoms with E-state index in [2.05, 4.69) is 31.3 Å². The Morgan fingerprint density at radius 2 is 1.51 bits per heavy atom. The van der Waals surface area contributed by atoms with Crippen molar-refractivity contribution in [1.29, 1.82) is 0 Å². The van der Waals surface area contributed by atoms with Crippen molar-refractivity contribution >= 4 is 51.4 Å². The van der Waals surface area contributed by atoms with Crippen LogP contribution in [0.4, 0.5) is 4.79 Å². The number of Topliss-reactive ketones (excluding diaryl/α,β-unsaturated/α-hetero) is 1.